The highest BCUT2D eigenvalue weighted by atomic mass is 16.7. The van der Waals surface area contributed by atoms with Gasteiger partial charge in [0.25, 0.3) is 5.91 Å². The number of carbonyl (C=O) groups excluding carboxylic acids is 1. The van der Waals surface area contributed by atoms with Crippen LogP contribution in [-0.2, 0) is 6.42 Å². The number of amides is 1. The van der Waals surface area contributed by atoms with Crippen LogP contribution in [0.5, 0.6) is 17.2 Å². The number of rotatable bonds is 2. The first-order chi connectivity index (χ1) is 10.7. The minimum atomic E-state index is -0.338. The number of phenolic OH excluding ortho intramolecular Hbond substituents is 1. The highest BCUT2D eigenvalue weighted by Crippen LogP contribution is 2.38. The summed E-state index contributed by atoms with van der Waals surface area (Å²) < 4.78 is 15.8. The number of fused-ring (bicyclic) bond motifs is 2. The number of carbonyl (C=O) groups is 1. The average molecular weight is 301 g/mol. The lowest BCUT2D eigenvalue weighted by atomic mass is 9.93. The maximum atomic E-state index is 12.5. The first kappa shape index (κ1) is 13.1. The number of aryl methyl sites for hydroxylation is 1. The summed E-state index contributed by atoms with van der Waals surface area (Å²) in [6, 6.07) is 4.70. The van der Waals surface area contributed by atoms with Gasteiger partial charge in [-0.15, -0.1) is 0 Å². The van der Waals surface area contributed by atoms with E-state index in [0.717, 1.165) is 30.6 Å². The number of benzene rings is 1. The van der Waals surface area contributed by atoms with Crippen LogP contribution in [0.1, 0.15) is 40.6 Å². The molecule has 0 spiro atoms. The first-order valence-electron chi connectivity index (χ1n) is 7.22. The van der Waals surface area contributed by atoms with Gasteiger partial charge < -0.3 is 24.3 Å². The highest BCUT2D eigenvalue weighted by molar-refractivity contribution is 5.98. The molecule has 2 heterocycles. The van der Waals surface area contributed by atoms with Gasteiger partial charge in [-0.2, -0.15) is 0 Å². The van der Waals surface area contributed by atoms with Crippen molar-refractivity contribution in [2.24, 2.45) is 0 Å². The van der Waals surface area contributed by atoms with Gasteiger partial charge in [0, 0.05) is 24.1 Å². The average Bonchev–Trinajstić information content (AvgIpc) is 3.14. The Morgan fingerprint density at radius 1 is 1.27 bits per heavy atom. The predicted octanol–water partition coefficient (Wildman–Crippen LogP) is 2.52. The van der Waals surface area contributed by atoms with Crippen molar-refractivity contribution in [3.8, 4) is 17.2 Å². The number of hydrogen-bond acceptors (Lipinski definition) is 5. The molecule has 0 bridgehead atoms. The van der Waals surface area contributed by atoms with E-state index in [-0.39, 0.29) is 30.1 Å². The molecular formula is C16H15NO5. The third kappa shape index (κ3) is 2.07. The van der Waals surface area contributed by atoms with Crippen LogP contribution in [0.3, 0.4) is 0 Å². The lowest BCUT2D eigenvalue weighted by molar-refractivity contribution is 0.0929. The van der Waals surface area contributed by atoms with E-state index in [1.54, 1.807) is 6.26 Å². The van der Waals surface area contributed by atoms with Crippen LogP contribution < -0.4 is 14.8 Å². The van der Waals surface area contributed by atoms with E-state index in [9.17, 15) is 9.90 Å². The fourth-order valence-corrected chi connectivity index (χ4v) is 2.99. The summed E-state index contributed by atoms with van der Waals surface area (Å²) in [4.78, 5) is 12.5. The Morgan fingerprint density at radius 3 is 2.95 bits per heavy atom. The fraction of sp³-hybridized carbons (Fsp3) is 0.312. The largest absolute Gasteiger partial charge is 0.507 e. The Morgan fingerprint density at radius 2 is 2.09 bits per heavy atom. The van der Waals surface area contributed by atoms with E-state index in [1.165, 1.54) is 12.1 Å². The van der Waals surface area contributed by atoms with Crippen molar-refractivity contribution in [3.05, 3.63) is 41.3 Å². The van der Waals surface area contributed by atoms with E-state index in [0.29, 0.717) is 11.5 Å². The zero-order chi connectivity index (χ0) is 15.1. The molecule has 0 radical (unpaired) electrons. The van der Waals surface area contributed by atoms with Gasteiger partial charge in [-0.1, -0.05) is 0 Å². The first-order valence-corrected chi connectivity index (χ1v) is 7.22. The SMILES string of the molecule is O=C(NC1CCCc2occc21)c1cc2c(cc1O)OCO2. The zero-order valence-electron chi connectivity index (χ0n) is 11.8. The standard InChI is InChI=1S/C16H15NO5/c18-12-7-15-14(21-8-22-15)6-10(12)16(19)17-11-2-1-3-13-9(11)4-5-20-13/h4-7,11,18H,1-3,8H2,(H,17,19). The Labute approximate surface area is 126 Å². The van der Waals surface area contributed by atoms with Gasteiger partial charge in [-0.05, 0) is 18.9 Å². The second-order valence-electron chi connectivity index (χ2n) is 5.44. The van der Waals surface area contributed by atoms with E-state index >= 15 is 0 Å². The van der Waals surface area contributed by atoms with Gasteiger partial charge in [0.2, 0.25) is 6.79 Å². The van der Waals surface area contributed by atoms with Crippen molar-refractivity contribution in [1.82, 2.24) is 5.32 Å². The minimum Gasteiger partial charge on any atom is -0.507 e. The van der Waals surface area contributed by atoms with Crippen LogP contribution in [0.4, 0.5) is 0 Å². The van der Waals surface area contributed by atoms with Crippen LogP contribution in [0.15, 0.2) is 28.9 Å². The second kappa shape index (κ2) is 4.98. The van der Waals surface area contributed by atoms with Gasteiger partial charge in [0.05, 0.1) is 17.9 Å². The topological polar surface area (TPSA) is 80.9 Å². The van der Waals surface area contributed by atoms with E-state index in [4.69, 9.17) is 13.9 Å². The summed E-state index contributed by atoms with van der Waals surface area (Å²) in [5, 5.41) is 13.0. The van der Waals surface area contributed by atoms with Crippen molar-refractivity contribution in [3.63, 3.8) is 0 Å². The molecule has 114 valence electrons. The number of phenols is 1. The molecule has 1 aromatic heterocycles. The molecule has 1 aromatic carbocycles. The van der Waals surface area contributed by atoms with Gasteiger partial charge in [-0.25, -0.2) is 0 Å². The minimum absolute atomic E-state index is 0.0974. The molecule has 2 N–H and O–H groups in total. The van der Waals surface area contributed by atoms with Crippen molar-refractivity contribution >= 4 is 5.91 Å². The van der Waals surface area contributed by atoms with Gasteiger partial charge in [-0.3, -0.25) is 4.79 Å². The summed E-state index contributed by atoms with van der Waals surface area (Å²) in [6.07, 6.45) is 4.35. The second-order valence-corrected chi connectivity index (χ2v) is 5.44. The highest BCUT2D eigenvalue weighted by Gasteiger charge is 2.26. The fourth-order valence-electron chi connectivity index (χ4n) is 2.99. The van der Waals surface area contributed by atoms with Gasteiger partial charge >= 0.3 is 0 Å². The molecule has 6 nitrogen and oxygen atoms in total. The molecule has 22 heavy (non-hydrogen) atoms. The van der Waals surface area contributed by atoms with Crippen LogP contribution >= 0.6 is 0 Å². The molecule has 4 rings (SSSR count). The molecule has 0 saturated carbocycles. The number of nitrogens with one attached hydrogen (secondary N) is 1. The van der Waals surface area contributed by atoms with Gasteiger partial charge in [0.1, 0.15) is 11.5 Å². The van der Waals surface area contributed by atoms with Crippen LogP contribution in [0.25, 0.3) is 0 Å². The lowest BCUT2D eigenvalue weighted by Crippen LogP contribution is -2.30. The summed E-state index contributed by atoms with van der Waals surface area (Å²) in [5.41, 5.74) is 1.19. The monoisotopic (exact) mass is 301 g/mol. The molecule has 1 amide bonds. The third-order valence-corrected chi connectivity index (χ3v) is 4.09. The van der Waals surface area contributed by atoms with E-state index < -0.39 is 0 Å². The molecule has 1 aliphatic carbocycles. The molecule has 1 atom stereocenters. The smallest absolute Gasteiger partial charge is 0.255 e. The van der Waals surface area contributed by atoms with Crippen LogP contribution in [-0.4, -0.2) is 17.8 Å². The van der Waals surface area contributed by atoms with Crippen LogP contribution in [0.2, 0.25) is 0 Å². The zero-order valence-corrected chi connectivity index (χ0v) is 11.8. The van der Waals surface area contributed by atoms with Crippen molar-refractivity contribution < 1.29 is 23.8 Å². The van der Waals surface area contributed by atoms with Crippen molar-refractivity contribution in [2.45, 2.75) is 25.3 Å². The molecule has 1 aliphatic heterocycles. The van der Waals surface area contributed by atoms with E-state index in [2.05, 4.69) is 5.32 Å². The molecule has 6 heteroatoms. The normalized spacial score (nSPS) is 18.8. The molecular weight excluding hydrogens is 286 g/mol. The predicted molar refractivity (Wildman–Crippen MR) is 76.1 cm³/mol. The molecule has 0 fully saturated rings. The number of furan rings is 1. The van der Waals surface area contributed by atoms with E-state index in [1.807, 2.05) is 6.07 Å². The Balaban J connectivity index is 1.59. The van der Waals surface area contributed by atoms with Gasteiger partial charge in [0.15, 0.2) is 11.5 Å². The Bertz CT molecular complexity index is 736. The number of hydrogen-bond donors (Lipinski definition) is 2. The Hall–Kier alpha value is -2.63. The van der Waals surface area contributed by atoms with Crippen LogP contribution in [0, 0.1) is 0 Å². The molecule has 1 unspecified atom stereocenters. The Kier molecular flexibility index (Phi) is 2.96. The molecule has 2 aliphatic rings. The lowest BCUT2D eigenvalue weighted by Gasteiger charge is -2.23. The summed E-state index contributed by atoms with van der Waals surface area (Å²) in [5.74, 6) is 1.38. The maximum Gasteiger partial charge on any atom is 0.255 e. The molecule has 0 saturated heterocycles. The molecule has 2 aromatic rings. The summed E-state index contributed by atoms with van der Waals surface area (Å²) >= 11 is 0. The van der Waals surface area contributed by atoms with Crippen molar-refractivity contribution in [2.75, 3.05) is 6.79 Å². The third-order valence-electron chi connectivity index (χ3n) is 4.09. The summed E-state index contributed by atoms with van der Waals surface area (Å²) in [6.45, 7) is 0.0981. The number of aromatic hydroxyl groups is 1. The number of ether oxygens (including phenoxy) is 2. The maximum absolute atomic E-state index is 12.5. The summed E-state index contributed by atoms with van der Waals surface area (Å²) in [7, 11) is 0. The van der Waals surface area contributed by atoms with Crippen molar-refractivity contribution in [1.29, 1.82) is 0 Å². The quantitative estimate of drug-likeness (QED) is 0.891.